The molecular weight excluding hydrogens is 428 g/mol. The fourth-order valence-electron chi connectivity index (χ4n) is 4.77. The predicted molar refractivity (Wildman–Crippen MR) is 139 cm³/mol. The van der Waals surface area contributed by atoms with Crippen LogP contribution in [0.25, 0.3) is 0 Å². The lowest BCUT2D eigenvalue weighted by Crippen LogP contribution is -2.23. The quantitative estimate of drug-likeness (QED) is 0.502. The van der Waals surface area contributed by atoms with Crippen LogP contribution in [0.5, 0.6) is 0 Å². The zero-order valence-electron chi connectivity index (χ0n) is 22.9. The first-order valence-corrected chi connectivity index (χ1v) is 12.2. The summed E-state index contributed by atoms with van der Waals surface area (Å²) in [5.74, 6) is 0.879. The Labute approximate surface area is 205 Å². The molecule has 2 rings (SSSR count). The van der Waals surface area contributed by atoms with Crippen molar-refractivity contribution in [3.8, 4) is 0 Å². The molecule has 0 amide bonds. The SMILES string of the molecule is Cc1cc(CC(C)CC(C)(C)C)n(O)c(=O)c1.Cc1cc(CC(C)CC(C)(C)C)n(O)c(=O)c1. The standard InChI is InChI=1S/2C14H23NO2/c2*1-10-6-12(15(17)13(16)8-10)7-11(2)9-14(3,4)5/h2*6,8,11,17H,7,9H2,1-5H3. The van der Waals surface area contributed by atoms with Crippen LogP contribution in [-0.4, -0.2) is 19.9 Å². The van der Waals surface area contributed by atoms with Gasteiger partial charge in [-0.15, -0.1) is 0 Å². The normalized spacial score (nSPS) is 13.7. The molecule has 6 heteroatoms. The van der Waals surface area contributed by atoms with Gasteiger partial charge in [0.15, 0.2) is 0 Å². The van der Waals surface area contributed by atoms with E-state index in [1.54, 1.807) is 0 Å². The number of hydrogen-bond acceptors (Lipinski definition) is 4. The Kier molecular flexibility index (Phi) is 10.2. The van der Waals surface area contributed by atoms with Crippen LogP contribution in [0, 0.1) is 36.5 Å². The Balaban J connectivity index is 0.000000340. The Bertz CT molecular complexity index is 967. The molecule has 0 saturated heterocycles. The van der Waals surface area contributed by atoms with Gasteiger partial charge in [0.1, 0.15) is 0 Å². The van der Waals surface area contributed by atoms with E-state index in [0.29, 0.717) is 23.2 Å². The molecule has 2 unspecified atom stereocenters. The van der Waals surface area contributed by atoms with Crippen LogP contribution in [0.15, 0.2) is 33.9 Å². The van der Waals surface area contributed by atoms with Crippen LogP contribution in [-0.2, 0) is 12.8 Å². The van der Waals surface area contributed by atoms with Crippen molar-refractivity contribution in [3.05, 3.63) is 67.5 Å². The second kappa shape index (κ2) is 11.8. The Morgan fingerprint density at radius 2 is 0.971 bits per heavy atom. The molecule has 2 heterocycles. The minimum atomic E-state index is -0.344. The maximum atomic E-state index is 11.4. The van der Waals surface area contributed by atoms with Gasteiger partial charge < -0.3 is 10.4 Å². The van der Waals surface area contributed by atoms with Crippen molar-refractivity contribution in [2.75, 3.05) is 0 Å². The van der Waals surface area contributed by atoms with E-state index in [4.69, 9.17) is 0 Å². The Morgan fingerprint density at radius 3 is 1.24 bits per heavy atom. The number of rotatable bonds is 6. The second-order valence-corrected chi connectivity index (χ2v) is 12.5. The molecule has 0 aliphatic heterocycles. The van der Waals surface area contributed by atoms with Gasteiger partial charge in [-0.05, 0) is 85.5 Å². The lowest BCUT2D eigenvalue weighted by Gasteiger charge is -2.23. The van der Waals surface area contributed by atoms with Crippen LogP contribution in [0.2, 0.25) is 0 Å². The van der Waals surface area contributed by atoms with Crippen LogP contribution in [0.4, 0.5) is 0 Å². The summed E-state index contributed by atoms with van der Waals surface area (Å²) < 4.78 is 1.54. The lowest BCUT2D eigenvalue weighted by atomic mass is 9.83. The van der Waals surface area contributed by atoms with Crippen molar-refractivity contribution in [1.82, 2.24) is 9.46 Å². The first-order valence-electron chi connectivity index (χ1n) is 12.2. The monoisotopic (exact) mass is 474 g/mol. The van der Waals surface area contributed by atoms with Crippen LogP contribution in [0.3, 0.4) is 0 Å². The first kappa shape index (κ1) is 29.5. The van der Waals surface area contributed by atoms with Gasteiger partial charge in [-0.3, -0.25) is 9.59 Å². The van der Waals surface area contributed by atoms with E-state index >= 15 is 0 Å². The summed E-state index contributed by atoms with van der Waals surface area (Å²) in [5.41, 5.74) is 3.05. The molecule has 2 N–H and O–H groups in total. The minimum Gasteiger partial charge on any atom is -0.425 e. The maximum absolute atomic E-state index is 11.4. The van der Waals surface area contributed by atoms with E-state index in [9.17, 15) is 20.0 Å². The number of aryl methyl sites for hydroxylation is 2. The largest absolute Gasteiger partial charge is 0.425 e. The zero-order valence-corrected chi connectivity index (χ0v) is 22.9. The fraction of sp³-hybridized carbons (Fsp3) is 0.643. The maximum Gasteiger partial charge on any atom is 0.283 e. The van der Waals surface area contributed by atoms with E-state index < -0.39 is 0 Å². The van der Waals surface area contributed by atoms with Crippen molar-refractivity contribution in [1.29, 1.82) is 0 Å². The highest BCUT2D eigenvalue weighted by Crippen LogP contribution is 2.27. The first-order chi connectivity index (χ1) is 15.4. The summed E-state index contributed by atoms with van der Waals surface area (Å²) in [5, 5.41) is 19.3. The average molecular weight is 475 g/mol. The molecule has 0 aromatic carbocycles. The molecule has 0 aliphatic rings. The van der Waals surface area contributed by atoms with Gasteiger partial charge in [-0.25, -0.2) is 0 Å². The summed E-state index contributed by atoms with van der Waals surface area (Å²) in [6, 6.07) is 6.64. The third-order valence-corrected chi connectivity index (χ3v) is 5.49. The average Bonchev–Trinajstić information content (AvgIpc) is 2.60. The zero-order chi connectivity index (χ0) is 26.4. The molecule has 6 nitrogen and oxygen atoms in total. The van der Waals surface area contributed by atoms with Gasteiger partial charge in [0, 0.05) is 12.1 Å². The van der Waals surface area contributed by atoms with Gasteiger partial charge in [-0.2, -0.15) is 9.46 Å². The van der Waals surface area contributed by atoms with Crippen molar-refractivity contribution in [2.45, 2.75) is 94.9 Å². The third kappa shape index (κ3) is 10.6. The van der Waals surface area contributed by atoms with Gasteiger partial charge in [0.25, 0.3) is 11.1 Å². The molecule has 0 aliphatic carbocycles. The number of nitrogens with zero attached hydrogens (tertiary/aromatic N) is 2. The third-order valence-electron chi connectivity index (χ3n) is 5.49. The molecule has 192 valence electrons. The summed E-state index contributed by atoms with van der Waals surface area (Å²) in [6.45, 7) is 21.3. The molecule has 2 aromatic heterocycles. The molecule has 0 bridgehead atoms. The molecule has 0 spiro atoms. The van der Waals surface area contributed by atoms with Crippen molar-refractivity contribution >= 4 is 0 Å². The smallest absolute Gasteiger partial charge is 0.283 e. The van der Waals surface area contributed by atoms with Crippen LogP contribution < -0.4 is 11.1 Å². The molecule has 2 aromatic rings. The summed E-state index contributed by atoms with van der Waals surface area (Å²) in [4.78, 5) is 22.9. The van der Waals surface area contributed by atoms with E-state index in [1.807, 2.05) is 26.0 Å². The molecule has 0 fully saturated rings. The molecular formula is C28H46N2O4. The van der Waals surface area contributed by atoms with Crippen LogP contribution >= 0.6 is 0 Å². The van der Waals surface area contributed by atoms with Crippen LogP contribution in [0.1, 0.15) is 90.7 Å². The molecule has 34 heavy (non-hydrogen) atoms. The molecule has 2 atom stereocenters. The predicted octanol–water partition coefficient (Wildman–Crippen LogP) is 6.02. The van der Waals surface area contributed by atoms with E-state index in [2.05, 4.69) is 55.4 Å². The van der Waals surface area contributed by atoms with Gasteiger partial charge in [0.05, 0.1) is 11.4 Å². The van der Waals surface area contributed by atoms with Gasteiger partial charge in [-0.1, -0.05) is 55.4 Å². The van der Waals surface area contributed by atoms with Crippen molar-refractivity contribution in [3.63, 3.8) is 0 Å². The highest BCUT2D eigenvalue weighted by Gasteiger charge is 2.18. The fourth-order valence-corrected chi connectivity index (χ4v) is 4.77. The summed E-state index contributed by atoms with van der Waals surface area (Å²) in [7, 11) is 0. The highest BCUT2D eigenvalue weighted by atomic mass is 16.5. The van der Waals surface area contributed by atoms with Gasteiger partial charge >= 0.3 is 0 Å². The lowest BCUT2D eigenvalue weighted by molar-refractivity contribution is 0.160. The van der Waals surface area contributed by atoms with Crippen molar-refractivity contribution < 1.29 is 10.4 Å². The number of hydrogen-bond donors (Lipinski definition) is 2. The second-order valence-electron chi connectivity index (χ2n) is 12.5. The number of aromatic nitrogens is 2. The van der Waals surface area contributed by atoms with E-state index in [-0.39, 0.29) is 21.9 Å². The molecule has 0 saturated carbocycles. The van der Waals surface area contributed by atoms with Gasteiger partial charge in [0.2, 0.25) is 0 Å². The Morgan fingerprint density at radius 1 is 0.676 bits per heavy atom. The Hall–Kier alpha value is -2.50. The topological polar surface area (TPSA) is 84.5 Å². The van der Waals surface area contributed by atoms with Crippen molar-refractivity contribution in [2.24, 2.45) is 22.7 Å². The highest BCUT2D eigenvalue weighted by molar-refractivity contribution is 5.16. The summed E-state index contributed by atoms with van der Waals surface area (Å²) in [6.07, 6.45) is 3.58. The number of pyridine rings is 2. The summed E-state index contributed by atoms with van der Waals surface area (Å²) >= 11 is 0. The minimum absolute atomic E-state index is 0.268. The van der Waals surface area contributed by atoms with E-state index in [1.165, 1.54) is 12.1 Å². The van der Waals surface area contributed by atoms with E-state index in [0.717, 1.165) is 46.3 Å². The molecule has 0 radical (unpaired) electrons.